The van der Waals surface area contributed by atoms with Gasteiger partial charge in [0, 0.05) is 12.2 Å². The molecular weight excluding hydrogens is 282 g/mol. The van der Waals surface area contributed by atoms with E-state index in [1.165, 1.54) is 0 Å². The van der Waals surface area contributed by atoms with Gasteiger partial charge >= 0.3 is 0 Å². The molecule has 0 spiro atoms. The Morgan fingerprint density at radius 3 is 2.53 bits per heavy atom. The fourth-order valence-electron chi connectivity index (χ4n) is 1.33. The van der Waals surface area contributed by atoms with Gasteiger partial charge in [-0.15, -0.1) is 0 Å². The molecule has 0 aliphatic heterocycles. The average Bonchev–Trinajstić information content (AvgIpc) is 2.23. The number of ether oxygens (including phenoxy) is 2. The van der Waals surface area contributed by atoms with Crippen LogP contribution in [0.4, 0.5) is 5.69 Å². The molecule has 0 aromatic heterocycles. The molecule has 4 heteroatoms. The number of benzene rings is 1. The van der Waals surface area contributed by atoms with Gasteiger partial charge in [0.2, 0.25) is 0 Å². The molecule has 3 nitrogen and oxygen atoms in total. The van der Waals surface area contributed by atoms with E-state index in [-0.39, 0.29) is 5.60 Å². The number of rotatable bonds is 5. The average molecular weight is 302 g/mol. The van der Waals surface area contributed by atoms with Crippen LogP contribution in [-0.2, 0) is 4.74 Å². The second kappa shape index (κ2) is 6.26. The van der Waals surface area contributed by atoms with Crippen LogP contribution in [0.2, 0.25) is 0 Å². The van der Waals surface area contributed by atoms with E-state index in [1.807, 2.05) is 18.2 Å². The lowest BCUT2D eigenvalue weighted by atomic mass is 10.2. The molecule has 0 aliphatic rings. The summed E-state index contributed by atoms with van der Waals surface area (Å²) in [7, 11) is 1.66. The van der Waals surface area contributed by atoms with Gasteiger partial charge in [-0.25, -0.2) is 0 Å². The van der Waals surface area contributed by atoms with Crippen molar-refractivity contribution in [1.82, 2.24) is 0 Å². The first-order valence-corrected chi connectivity index (χ1v) is 6.43. The van der Waals surface area contributed by atoms with E-state index in [1.54, 1.807) is 7.11 Å². The van der Waals surface area contributed by atoms with Crippen LogP contribution in [0.15, 0.2) is 22.7 Å². The Labute approximate surface area is 112 Å². The van der Waals surface area contributed by atoms with E-state index < -0.39 is 0 Å². The van der Waals surface area contributed by atoms with Gasteiger partial charge in [0.1, 0.15) is 5.75 Å². The molecule has 1 N–H and O–H groups in total. The molecule has 0 amide bonds. The molecule has 0 fully saturated rings. The molecule has 0 heterocycles. The van der Waals surface area contributed by atoms with Gasteiger partial charge in [0.25, 0.3) is 0 Å². The Kier molecular flexibility index (Phi) is 5.28. The van der Waals surface area contributed by atoms with Crippen LogP contribution in [0, 0.1) is 0 Å². The van der Waals surface area contributed by atoms with Crippen LogP contribution < -0.4 is 10.1 Å². The minimum atomic E-state index is -0.0812. The zero-order valence-electron chi connectivity index (χ0n) is 10.8. The van der Waals surface area contributed by atoms with Crippen LogP contribution >= 0.6 is 15.9 Å². The molecule has 1 aromatic rings. The van der Waals surface area contributed by atoms with Gasteiger partial charge in [-0.1, -0.05) is 0 Å². The van der Waals surface area contributed by atoms with E-state index in [0.29, 0.717) is 6.61 Å². The van der Waals surface area contributed by atoms with Crippen molar-refractivity contribution < 1.29 is 9.47 Å². The van der Waals surface area contributed by atoms with E-state index in [4.69, 9.17) is 9.47 Å². The van der Waals surface area contributed by atoms with Crippen LogP contribution in [0.25, 0.3) is 0 Å². The fourth-order valence-corrected chi connectivity index (χ4v) is 1.87. The SMILES string of the molecule is COc1ccc(NCCOC(C)(C)C)cc1Br. The van der Waals surface area contributed by atoms with E-state index in [2.05, 4.69) is 42.0 Å². The highest BCUT2D eigenvalue weighted by molar-refractivity contribution is 9.10. The molecular formula is C13H20BrNO2. The van der Waals surface area contributed by atoms with Gasteiger partial charge < -0.3 is 14.8 Å². The summed E-state index contributed by atoms with van der Waals surface area (Å²) < 4.78 is 11.7. The molecule has 17 heavy (non-hydrogen) atoms. The first kappa shape index (κ1) is 14.3. The maximum atomic E-state index is 5.63. The zero-order valence-corrected chi connectivity index (χ0v) is 12.4. The van der Waals surface area contributed by atoms with Gasteiger partial charge in [-0.3, -0.25) is 0 Å². The summed E-state index contributed by atoms with van der Waals surface area (Å²) in [5.41, 5.74) is 0.970. The monoisotopic (exact) mass is 301 g/mol. The molecule has 0 bridgehead atoms. The summed E-state index contributed by atoms with van der Waals surface area (Å²) in [6.07, 6.45) is 0. The topological polar surface area (TPSA) is 30.5 Å². The minimum Gasteiger partial charge on any atom is -0.496 e. The third kappa shape index (κ3) is 5.41. The predicted octanol–water partition coefficient (Wildman–Crippen LogP) is 3.68. The highest BCUT2D eigenvalue weighted by atomic mass is 79.9. The molecule has 0 atom stereocenters. The number of hydrogen-bond donors (Lipinski definition) is 1. The number of nitrogens with one attached hydrogen (secondary N) is 1. The van der Waals surface area contributed by atoms with Crippen LogP contribution in [0.1, 0.15) is 20.8 Å². The Bertz CT molecular complexity index is 361. The maximum absolute atomic E-state index is 5.63. The van der Waals surface area contributed by atoms with Crippen molar-refractivity contribution in [3.63, 3.8) is 0 Å². The highest BCUT2D eigenvalue weighted by Gasteiger charge is 2.08. The van der Waals surface area contributed by atoms with Gasteiger partial charge in [0.05, 0.1) is 23.8 Å². The fraction of sp³-hybridized carbons (Fsp3) is 0.538. The van der Waals surface area contributed by atoms with Crippen LogP contribution in [0.5, 0.6) is 5.75 Å². The highest BCUT2D eigenvalue weighted by Crippen LogP contribution is 2.27. The quantitative estimate of drug-likeness (QED) is 0.842. The number of anilines is 1. The van der Waals surface area contributed by atoms with Gasteiger partial charge in [-0.2, -0.15) is 0 Å². The zero-order chi connectivity index (χ0) is 12.9. The largest absolute Gasteiger partial charge is 0.496 e. The second-order valence-corrected chi connectivity index (χ2v) is 5.59. The van der Waals surface area contributed by atoms with E-state index >= 15 is 0 Å². The third-order valence-electron chi connectivity index (χ3n) is 2.12. The summed E-state index contributed by atoms with van der Waals surface area (Å²) in [6, 6.07) is 5.91. The maximum Gasteiger partial charge on any atom is 0.133 e. The lowest BCUT2D eigenvalue weighted by Crippen LogP contribution is -2.23. The molecule has 0 saturated carbocycles. The lowest BCUT2D eigenvalue weighted by Gasteiger charge is -2.19. The molecule has 0 aliphatic carbocycles. The lowest BCUT2D eigenvalue weighted by molar-refractivity contribution is 0.00333. The number of halogens is 1. The summed E-state index contributed by atoms with van der Waals surface area (Å²) in [5.74, 6) is 0.835. The third-order valence-corrected chi connectivity index (χ3v) is 2.74. The van der Waals surface area contributed by atoms with E-state index in [0.717, 1.165) is 22.5 Å². The summed E-state index contributed by atoms with van der Waals surface area (Å²) in [4.78, 5) is 0. The van der Waals surface area contributed by atoms with E-state index in [9.17, 15) is 0 Å². The molecule has 0 saturated heterocycles. The van der Waals surface area contributed by atoms with Crippen molar-refractivity contribution in [3.05, 3.63) is 22.7 Å². The summed E-state index contributed by atoms with van der Waals surface area (Å²) >= 11 is 3.45. The number of hydrogen-bond acceptors (Lipinski definition) is 3. The first-order valence-electron chi connectivity index (χ1n) is 5.64. The summed E-state index contributed by atoms with van der Waals surface area (Å²) in [6.45, 7) is 7.63. The van der Waals surface area contributed by atoms with Crippen molar-refractivity contribution >= 4 is 21.6 Å². The Hall–Kier alpha value is -0.740. The Morgan fingerprint density at radius 2 is 2.00 bits per heavy atom. The first-order chi connectivity index (χ1) is 7.92. The second-order valence-electron chi connectivity index (χ2n) is 4.74. The number of methoxy groups -OCH3 is 1. The normalized spacial score (nSPS) is 11.4. The van der Waals surface area contributed by atoms with Gasteiger partial charge in [-0.05, 0) is 54.9 Å². The minimum absolute atomic E-state index is 0.0812. The molecule has 0 unspecified atom stereocenters. The Morgan fingerprint density at radius 1 is 1.29 bits per heavy atom. The van der Waals surface area contributed by atoms with Crippen LogP contribution in [-0.4, -0.2) is 25.9 Å². The van der Waals surface area contributed by atoms with Gasteiger partial charge in [0.15, 0.2) is 0 Å². The molecule has 0 radical (unpaired) electrons. The molecule has 1 aromatic carbocycles. The smallest absolute Gasteiger partial charge is 0.133 e. The summed E-state index contributed by atoms with van der Waals surface area (Å²) in [5, 5.41) is 3.30. The standard InChI is InChI=1S/C13H20BrNO2/c1-13(2,3)17-8-7-15-10-5-6-12(16-4)11(14)9-10/h5-6,9,15H,7-8H2,1-4H3. The molecule has 1 rings (SSSR count). The van der Waals surface area contributed by atoms with Crippen LogP contribution in [0.3, 0.4) is 0 Å². The van der Waals surface area contributed by atoms with Crippen molar-refractivity contribution in [1.29, 1.82) is 0 Å². The predicted molar refractivity (Wildman–Crippen MR) is 74.9 cm³/mol. The van der Waals surface area contributed by atoms with Crippen molar-refractivity contribution in [2.75, 3.05) is 25.6 Å². The Balaban J connectivity index is 2.40. The van der Waals surface area contributed by atoms with Crippen molar-refractivity contribution in [2.24, 2.45) is 0 Å². The van der Waals surface area contributed by atoms with Crippen molar-refractivity contribution in [2.45, 2.75) is 26.4 Å². The van der Waals surface area contributed by atoms with Crippen molar-refractivity contribution in [3.8, 4) is 5.75 Å². The molecule has 96 valence electrons.